The van der Waals surface area contributed by atoms with Crippen LogP contribution in [-0.2, 0) is 16.0 Å². The number of aliphatic hydroxyl groups is 1. The zero-order valence-corrected chi connectivity index (χ0v) is 11.7. The molecule has 1 atom stereocenters. The number of hydrogen-bond acceptors (Lipinski definition) is 4. The molecule has 0 bridgehead atoms. The molecular weight excluding hydrogens is 258 g/mol. The average molecular weight is 279 g/mol. The third kappa shape index (κ3) is 4.21. The van der Waals surface area contributed by atoms with E-state index in [0.717, 1.165) is 11.3 Å². The van der Waals surface area contributed by atoms with Gasteiger partial charge in [0.2, 0.25) is 5.91 Å². The van der Waals surface area contributed by atoms with Gasteiger partial charge in [-0.05, 0) is 24.1 Å². The lowest BCUT2D eigenvalue weighted by molar-refractivity contribution is -0.122. The van der Waals surface area contributed by atoms with Crippen LogP contribution in [0.15, 0.2) is 24.3 Å². The van der Waals surface area contributed by atoms with Gasteiger partial charge in [0.15, 0.2) is 0 Å². The average Bonchev–Trinajstić information content (AvgIpc) is 2.91. The Kier molecular flexibility index (Phi) is 4.98. The van der Waals surface area contributed by atoms with Crippen molar-refractivity contribution in [2.45, 2.75) is 24.9 Å². The SMILES string of the molecule is COc1ccc(CCC(=O)NCC2(O)CCOC2)cc1. The van der Waals surface area contributed by atoms with Crippen LogP contribution in [0.2, 0.25) is 0 Å². The predicted octanol–water partition coefficient (Wildman–Crippen LogP) is 0.895. The highest BCUT2D eigenvalue weighted by molar-refractivity contribution is 5.76. The van der Waals surface area contributed by atoms with Gasteiger partial charge in [-0.2, -0.15) is 0 Å². The van der Waals surface area contributed by atoms with Crippen molar-refractivity contribution in [3.8, 4) is 5.75 Å². The molecule has 0 spiro atoms. The van der Waals surface area contributed by atoms with Crippen molar-refractivity contribution in [1.29, 1.82) is 0 Å². The van der Waals surface area contributed by atoms with E-state index in [4.69, 9.17) is 9.47 Å². The minimum Gasteiger partial charge on any atom is -0.497 e. The van der Waals surface area contributed by atoms with E-state index < -0.39 is 5.60 Å². The highest BCUT2D eigenvalue weighted by Crippen LogP contribution is 2.17. The summed E-state index contributed by atoms with van der Waals surface area (Å²) >= 11 is 0. The summed E-state index contributed by atoms with van der Waals surface area (Å²) in [6.45, 7) is 1.11. The fourth-order valence-electron chi connectivity index (χ4n) is 2.14. The van der Waals surface area contributed by atoms with Crippen LogP contribution in [0.25, 0.3) is 0 Å². The molecule has 20 heavy (non-hydrogen) atoms. The van der Waals surface area contributed by atoms with Gasteiger partial charge in [0, 0.05) is 26.0 Å². The fraction of sp³-hybridized carbons (Fsp3) is 0.533. The van der Waals surface area contributed by atoms with Crippen LogP contribution >= 0.6 is 0 Å². The second-order valence-electron chi connectivity index (χ2n) is 5.15. The molecule has 5 nitrogen and oxygen atoms in total. The minimum absolute atomic E-state index is 0.0545. The molecule has 1 aromatic carbocycles. The van der Waals surface area contributed by atoms with Crippen LogP contribution in [0.1, 0.15) is 18.4 Å². The summed E-state index contributed by atoms with van der Waals surface area (Å²) in [6.07, 6.45) is 1.65. The number of amides is 1. The number of carbonyl (C=O) groups is 1. The van der Waals surface area contributed by atoms with Gasteiger partial charge in [-0.25, -0.2) is 0 Å². The highest BCUT2D eigenvalue weighted by atomic mass is 16.5. The number of benzene rings is 1. The Morgan fingerprint density at radius 1 is 1.45 bits per heavy atom. The van der Waals surface area contributed by atoms with Crippen LogP contribution in [0.4, 0.5) is 0 Å². The smallest absolute Gasteiger partial charge is 0.220 e. The van der Waals surface area contributed by atoms with E-state index in [9.17, 15) is 9.90 Å². The van der Waals surface area contributed by atoms with Crippen molar-refractivity contribution in [1.82, 2.24) is 5.32 Å². The third-order valence-electron chi connectivity index (χ3n) is 3.50. The Hall–Kier alpha value is -1.59. The molecule has 2 N–H and O–H groups in total. The Balaban J connectivity index is 1.71. The number of ether oxygens (including phenoxy) is 2. The van der Waals surface area contributed by atoms with Crippen LogP contribution in [0.3, 0.4) is 0 Å². The van der Waals surface area contributed by atoms with E-state index in [2.05, 4.69) is 5.32 Å². The number of nitrogens with one attached hydrogen (secondary N) is 1. The molecule has 1 aromatic rings. The Morgan fingerprint density at radius 2 is 2.20 bits per heavy atom. The van der Waals surface area contributed by atoms with Gasteiger partial charge in [0.05, 0.1) is 13.7 Å². The molecule has 1 fully saturated rings. The molecule has 2 rings (SSSR count). The first-order valence-electron chi connectivity index (χ1n) is 6.81. The summed E-state index contributed by atoms with van der Waals surface area (Å²) in [7, 11) is 1.62. The first-order chi connectivity index (χ1) is 9.61. The maximum absolute atomic E-state index is 11.8. The van der Waals surface area contributed by atoms with E-state index in [1.807, 2.05) is 24.3 Å². The monoisotopic (exact) mass is 279 g/mol. The molecule has 0 aliphatic carbocycles. The van der Waals surface area contributed by atoms with Crippen molar-refractivity contribution >= 4 is 5.91 Å². The fourth-order valence-corrected chi connectivity index (χ4v) is 2.14. The van der Waals surface area contributed by atoms with Crippen molar-refractivity contribution in [3.63, 3.8) is 0 Å². The van der Waals surface area contributed by atoms with Gasteiger partial charge >= 0.3 is 0 Å². The number of methoxy groups -OCH3 is 1. The number of hydrogen-bond donors (Lipinski definition) is 2. The lowest BCUT2D eigenvalue weighted by Gasteiger charge is -2.20. The summed E-state index contributed by atoms with van der Waals surface area (Å²) < 4.78 is 10.2. The largest absolute Gasteiger partial charge is 0.497 e. The van der Waals surface area contributed by atoms with Crippen molar-refractivity contribution < 1.29 is 19.4 Å². The summed E-state index contributed by atoms with van der Waals surface area (Å²) in [6, 6.07) is 7.66. The Morgan fingerprint density at radius 3 is 2.80 bits per heavy atom. The third-order valence-corrected chi connectivity index (χ3v) is 3.50. The standard InChI is InChI=1S/C15H21NO4/c1-19-13-5-2-12(3-6-13)4-7-14(17)16-10-15(18)8-9-20-11-15/h2-3,5-6,18H,4,7-11H2,1H3,(H,16,17). The molecule has 1 amide bonds. The Labute approximate surface area is 118 Å². The van der Waals surface area contributed by atoms with Crippen LogP contribution in [0.5, 0.6) is 5.75 Å². The summed E-state index contributed by atoms with van der Waals surface area (Å²) in [4.78, 5) is 11.8. The second kappa shape index (κ2) is 6.72. The van der Waals surface area contributed by atoms with Crippen molar-refractivity contribution in [3.05, 3.63) is 29.8 Å². The maximum atomic E-state index is 11.8. The van der Waals surface area contributed by atoms with Gasteiger partial charge in [-0.3, -0.25) is 4.79 Å². The van der Waals surface area contributed by atoms with Gasteiger partial charge in [-0.15, -0.1) is 0 Å². The molecule has 1 saturated heterocycles. The molecule has 0 radical (unpaired) electrons. The lowest BCUT2D eigenvalue weighted by Crippen LogP contribution is -2.43. The van der Waals surface area contributed by atoms with E-state index in [1.165, 1.54) is 0 Å². The van der Waals surface area contributed by atoms with E-state index in [-0.39, 0.29) is 12.5 Å². The van der Waals surface area contributed by atoms with Gasteiger partial charge in [0.25, 0.3) is 0 Å². The quantitative estimate of drug-likeness (QED) is 0.811. The lowest BCUT2D eigenvalue weighted by atomic mass is 10.0. The molecule has 110 valence electrons. The summed E-state index contributed by atoms with van der Waals surface area (Å²) in [5.41, 5.74) is 0.194. The second-order valence-corrected chi connectivity index (χ2v) is 5.15. The zero-order chi connectivity index (χ0) is 14.4. The number of carbonyl (C=O) groups excluding carboxylic acids is 1. The van der Waals surface area contributed by atoms with Crippen LogP contribution in [-0.4, -0.2) is 43.5 Å². The molecular formula is C15H21NO4. The summed E-state index contributed by atoms with van der Waals surface area (Å²) in [5.74, 6) is 0.753. The Bertz CT molecular complexity index is 438. The minimum atomic E-state index is -0.893. The van der Waals surface area contributed by atoms with E-state index in [1.54, 1.807) is 7.11 Å². The first kappa shape index (κ1) is 14.8. The van der Waals surface area contributed by atoms with E-state index in [0.29, 0.717) is 32.5 Å². The van der Waals surface area contributed by atoms with Crippen LogP contribution < -0.4 is 10.1 Å². The molecule has 0 saturated carbocycles. The molecule has 0 aromatic heterocycles. The van der Waals surface area contributed by atoms with Crippen molar-refractivity contribution in [2.75, 3.05) is 26.9 Å². The van der Waals surface area contributed by atoms with Gasteiger partial charge in [-0.1, -0.05) is 12.1 Å². The van der Waals surface area contributed by atoms with Gasteiger partial charge in [0.1, 0.15) is 11.4 Å². The maximum Gasteiger partial charge on any atom is 0.220 e. The van der Waals surface area contributed by atoms with Gasteiger partial charge < -0.3 is 19.9 Å². The number of rotatable bonds is 6. The molecule has 1 heterocycles. The highest BCUT2D eigenvalue weighted by Gasteiger charge is 2.32. The molecule has 1 aliphatic heterocycles. The molecule has 1 aliphatic rings. The van der Waals surface area contributed by atoms with Crippen LogP contribution in [0, 0.1) is 0 Å². The van der Waals surface area contributed by atoms with Crippen molar-refractivity contribution in [2.24, 2.45) is 0 Å². The zero-order valence-electron chi connectivity index (χ0n) is 11.7. The molecule has 5 heteroatoms. The molecule has 1 unspecified atom stereocenters. The first-order valence-corrected chi connectivity index (χ1v) is 6.81. The van der Waals surface area contributed by atoms with E-state index >= 15 is 0 Å². The number of aryl methyl sites for hydroxylation is 1. The predicted molar refractivity (Wildman–Crippen MR) is 74.7 cm³/mol. The normalized spacial score (nSPS) is 21.7. The topological polar surface area (TPSA) is 67.8 Å². The summed E-state index contributed by atoms with van der Waals surface area (Å²) in [5, 5.41) is 12.8.